The second-order valence-electron chi connectivity index (χ2n) is 7.70. The summed E-state index contributed by atoms with van der Waals surface area (Å²) in [6.45, 7) is 2.64. The molecular weight excluding hydrogens is 372 g/mol. The van der Waals surface area contributed by atoms with E-state index in [-0.39, 0.29) is 23.7 Å². The molecule has 0 radical (unpaired) electrons. The van der Waals surface area contributed by atoms with Gasteiger partial charge in [-0.25, -0.2) is 0 Å². The first-order valence-electron chi connectivity index (χ1n) is 10.0. The maximum Gasteiger partial charge on any atom is 0.255 e. The van der Waals surface area contributed by atoms with Gasteiger partial charge < -0.3 is 9.80 Å². The van der Waals surface area contributed by atoms with E-state index >= 15 is 0 Å². The van der Waals surface area contributed by atoms with Crippen molar-refractivity contribution in [3.8, 4) is 0 Å². The zero-order chi connectivity index (χ0) is 19.5. The molecule has 28 heavy (non-hydrogen) atoms. The molecular formula is C23H25ClN2O2. The van der Waals surface area contributed by atoms with Crippen LogP contribution in [0.4, 0.5) is 0 Å². The maximum atomic E-state index is 13.3. The summed E-state index contributed by atoms with van der Waals surface area (Å²) in [7, 11) is 0. The van der Waals surface area contributed by atoms with Crippen LogP contribution in [-0.4, -0.2) is 47.8 Å². The van der Waals surface area contributed by atoms with E-state index in [4.69, 9.17) is 11.6 Å². The highest BCUT2D eigenvalue weighted by atomic mass is 35.5. The van der Waals surface area contributed by atoms with E-state index in [2.05, 4.69) is 12.1 Å². The number of carbonyl (C=O) groups excluding carboxylic acids is 2. The molecule has 0 aromatic heterocycles. The zero-order valence-corrected chi connectivity index (χ0v) is 16.6. The highest BCUT2D eigenvalue weighted by Gasteiger charge is 2.42. The molecule has 2 aromatic carbocycles. The van der Waals surface area contributed by atoms with Crippen molar-refractivity contribution < 1.29 is 9.59 Å². The first-order valence-corrected chi connectivity index (χ1v) is 10.4. The van der Waals surface area contributed by atoms with E-state index in [1.165, 1.54) is 6.42 Å². The molecule has 2 unspecified atom stereocenters. The predicted molar refractivity (Wildman–Crippen MR) is 110 cm³/mol. The molecule has 0 spiro atoms. The van der Waals surface area contributed by atoms with Gasteiger partial charge in [-0.05, 0) is 37.0 Å². The Morgan fingerprint density at radius 2 is 1.50 bits per heavy atom. The number of benzene rings is 2. The van der Waals surface area contributed by atoms with Crippen molar-refractivity contribution in [3.05, 3.63) is 70.7 Å². The molecule has 2 heterocycles. The number of nitrogens with zero attached hydrogens (tertiary/aromatic N) is 2. The fourth-order valence-electron chi connectivity index (χ4n) is 4.41. The van der Waals surface area contributed by atoms with Crippen molar-refractivity contribution in [3.63, 3.8) is 0 Å². The van der Waals surface area contributed by atoms with Crippen LogP contribution in [0.3, 0.4) is 0 Å². The molecule has 4 rings (SSSR count). The molecule has 4 nitrogen and oxygen atoms in total. The lowest BCUT2D eigenvalue weighted by atomic mass is 9.87. The number of carbonyl (C=O) groups is 2. The average Bonchev–Trinajstić information content (AvgIpc) is 3.20. The standard InChI is InChI=1S/C23H25ClN2O2/c24-21-12-6-5-11-18(21)22(27)26-15-19(17-9-3-1-4-10-17)20(16-26)23(28)25-13-7-2-8-14-25/h1,3-6,9-12,19-20H,2,7-8,13-16H2. The van der Waals surface area contributed by atoms with E-state index in [9.17, 15) is 9.59 Å². The largest absolute Gasteiger partial charge is 0.342 e. The molecule has 0 N–H and O–H groups in total. The van der Waals surface area contributed by atoms with Gasteiger partial charge in [0.2, 0.25) is 5.91 Å². The summed E-state index contributed by atoms with van der Waals surface area (Å²) in [6, 6.07) is 17.2. The fraction of sp³-hybridized carbons (Fsp3) is 0.391. The van der Waals surface area contributed by atoms with Crippen LogP contribution in [0.15, 0.2) is 54.6 Å². The van der Waals surface area contributed by atoms with Gasteiger partial charge in [0, 0.05) is 32.1 Å². The summed E-state index contributed by atoms with van der Waals surface area (Å²) in [5.41, 5.74) is 1.62. The van der Waals surface area contributed by atoms with Gasteiger partial charge in [0.1, 0.15) is 0 Å². The molecule has 0 aliphatic carbocycles. The molecule has 0 saturated carbocycles. The Morgan fingerprint density at radius 1 is 0.821 bits per heavy atom. The van der Waals surface area contributed by atoms with E-state index in [0.717, 1.165) is 31.5 Å². The van der Waals surface area contributed by atoms with Crippen molar-refractivity contribution in [1.82, 2.24) is 9.80 Å². The Bertz CT molecular complexity index is 849. The summed E-state index contributed by atoms with van der Waals surface area (Å²) in [5, 5.41) is 0.453. The summed E-state index contributed by atoms with van der Waals surface area (Å²) in [5.74, 6) is -0.0995. The van der Waals surface area contributed by atoms with E-state index in [1.807, 2.05) is 35.2 Å². The third-order valence-corrected chi connectivity index (χ3v) is 6.25. The van der Waals surface area contributed by atoms with Crippen molar-refractivity contribution in [1.29, 1.82) is 0 Å². The highest BCUT2D eigenvalue weighted by Crippen LogP contribution is 2.35. The smallest absolute Gasteiger partial charge is 0.255 e. The van der Waals surface area contributed by atoms with E-state index < -0.39 is 0 Å². The Balaban J connectivity index is 1.60. The van der Waals surface area contributed by atoms with Crippen LogP contribution in [0, 0.1) is 5.92 Å². The van der Waals surface area contributed by atoms with Crippen LogP contribution < -0.4 is 0 Å². The lowest BCUT2D eigenvalue weighted by molar-refractivity contribution is -0.136. The van der Waals surface area contributed by atoms with Gasteiger partial charge in [-0.15, -0.1) is 0 Å². The molecule has 2 fully saturated rings. The van der Waals surface area contributed by atoms with E-state index in [0.29, 0.717) is 23.7 Å². The minimum Gasteiger partial charge on any atom is -0.342 e. The second-order valence-corrected chi connectivity index (χ2v) is 8.11. The van der Waals surface area contributed by atoms with Crippen LogP contribution in [0.25, 0.3) is 0 Å². The average molecular weight is 397 g/mol. The Kier molecular flexibility index (Phi) is 5.67. The number of piperidine rings is 1. The summed E-state index contributed by atoms with van der Waals surface area (Å²) >= 11 is 6.25. The predicted octanol–water partition coefficient (Wildman–Crippen LogP) is 4.21. The van der Waals surface area contributed by atoms with Crippen molar-refractivity contribution in [2.45, 2.75) is 25.2 Å². The van der Waals surface area contributed by atoms with Crippen molar-refractivity contribution in [2.75, 3.05) is 26.2 Å². The number of hydrogen-bond acceptors (Lipinski definition) is 2. The monoisotopic (exact) mass is 396 g/mol. The SMILES string of the molecule is O=C(c1ccccc1Cl)N1CC(C(=O)N2CCCCC2)C(c2ccccc2)C1. The van der Waals surface area contributed by atoms with Crippen LogP contribution in [0.5, 0.6) is 0 Å². The molecule has 146 valence electrons. The van der Waals surface area contributed by atoms with E-state index in [1.54, 1.807) is 17.0 Å². The minimum atomic E-state index is -0.202. The molecule has 5 heteroatoms. The van der Waals surface area contributed by atoms with Crippen molar-refractivity contribution >= 4 is 23.4 Å². The number of rotatable bonds is 3. The highest BCUT2D eigenvalue weighted by molar-refractivity contribution is 6.33. The summed E-state index contributed by atoms with van der Waals surface area (Å²) < 4.78 is 0. The minimum absolute atomic E-state index is 0.0158. The Morgan fingerprint density at radius 3 is 2.21 bits per heavy atom. The van der Waals surface area contributed by atoms with Gasteiger partial charge in [0.15, 0.2) is 0 Å². The second kappa shape index (κ2) is 8.36. The van der Waals surface area contributed by atoms with Gasteiger partial charge in [-0.2, -0.15) is 0 Å². The topological polar surface area (TPSA) is 40.6 Å². The molecule has 0 bridgehead atoms. The van der Waals surface area contributed by atoms with Gasteiger partial charge in [-0.1, -0.05) is 54.1 Å². The number of halogens is 1. The maximum absolute atomic E-state index is 13.3. The first-order chi connectivity index (χ1) is 13.6. The Hall–Kier alpha value is -2.33. The van der Waals surface area contributed by atoms with Crippen LogP contribution in [0.2, 0.25) is 5.02 Å². The van der Waals surface area contributed by atoms with Gasteiger partial charge in [0.25, 0.3) is 5.91 Å². The van der Waals surface area contributed by atoms with Crippen molar-refractivity contribution in [2.24, 2.45) is 5.92 Å². The fourth-order valence-corrected chi connectivity index (χ4v) is 4.63. The molecule has 2 aliphatic rings. The van der Waals surface area contributed by atoms with Gasteiger partial charge >= 0.3 is 0 Å². The normalized spacial score (nSPS) is 22.3. The van der Waals surface area contributed by atoms with Crippen LogP contribution in [0.1, 0.15) is 41.1 Å². The summed E-state index contributed by atoms with van der Waals surface area (Å²) in [4.78, 5) is 30.2. The number of amides is 2. The molecule has 2 atom stereocenters. The molecule has 2 amide bonds. The first kappa shape index (κ1) is 19.0. The zero-order valence-electron chi connectivity index (χ0n) is 15.9. The van der Waals surface area contributed by atoms with Crippen LogP contribution >= 0.6 is 11.6 Å². The number of hydrogen-bond donors (Lipinski definition) is 0. The Labute approximate surface area is 171 Å². The molecule has 2 aliphatic heterocycles. The quantitative estimate of drug-likeness (QED) is 0.779. The summed E-state index contributed by atoms with van der Waals surface area (Å²) in [6.07, 6.45) is 3.32. The lowest BCUT2D eigenvalue weighted by Crippen LogP contribution is -2.42. The van der Waals surface area contributed by atoms with Gasteiger partial charge in [-0.3, -0.25) is 9.59 Å². The third-order valence-electron chi connectivity index (χ3n) is 5.92. The number of likely N-dealkylation sites (tertiary alicyclic amines) is 2. The third kappa shape index (κ3) is 3.79. The van der Waals surface area contributed by atoms with Gasteiger partial charge in [0.05, 0.1) is 16.5 Å². The lowest BCUT2D eigenvalue weighted by Gasteiger charge is -2.30. The molecule has 2 saturated heterocycles. The molecule has 2 aromatic rings. The van der Waals surface area contributed by atoms with Crippen LogP contribution in [-0.2, 0) is 4.79 Å².